The maximum atomic E-state index is 13.1. The van der Waals surface area contributed by atoms with Gasteiger partial charge in [0.25, 0.3) is 5.91 Å². The lowest BCUT2D eigenvalue weighted by Gasteiger charge is -2.39. The van der Waals surface area contributed by atoms with E-state index in [0.29, 0.717) is 36.0 Å². The van der Waals surface area contributed by atoms with Crippen LogP contribution in [0, 0.1) is 0 Å². The maximum Gasteiger partial charge on any atom is 0.254 e. The van der Waals surface area contributed by atoms with Crippen molar-refractivity contribution in [2.75, 3.05) is 18.8 Å². The van der Waals surface area contributed by atoms with E-state index in [1.807, 2.05) is 24.3 Å². The number of nitrogen functional groups attached to an aromatic ring is 1. The average Bonchev–Trinajstić information content (AvgIpc) is 3.17. The summed E-state index contributed by atoms with van der Waals surface area (Å²) in [5.74, 6) is 0.171. The zero-order chi connectivity index (χ0) is 22.4. The predicted octanol–water partition coefficient (Wildman–Crippen LogP) is 3.22. The Balaban J connectivity index is 1.32. The van der Waals surface area contributed by atoms with Crippen LogP contribution in [0.3, 0.4) is 0 Å². The third-order valence-electron chi connectivity index (χ3n) is 5.99. The van der Waals surface area contributed by atoms with Crippen molar-refractivity contribution in [1.82, 2.24) is 24.8 Å². The quantitative estimate of drug-likeness (QED) is 0.500. The van der Waals surface area contributed by atoms with Crippen LogP contribution in [0.5, 0.6) is 0 Å². The summed E-state index contributed by atoms with van der Waals surface area (Å²) >= 11 is 6.13. The molecule has 0 unspecified atom stereocenters. The van der Waals surface area contributed by atoms with E-state index < -0.39 is 6.04 Å². The number of nitrogens with zero attached hydrogens (tertiary/aromatic N) is 4. The molecule has 0 spiro atoms. The van der Waals surface area contributed by atoms with Crippen LogP contribution in [0.4, 0.5) is 5.82 Å². The van der Waals surface area contributed by atoms with E-state index >= 15 is 0 Å². The molecule has 0 aliphatic carbocycles. The molecule has 0 bridgehead atoms. The van der Waals surface area contributed by atoms with Crippen LogP contribution in [-0.4, -0.2) is 55.7 Å². The first-order chi connectivity index (χ1) is 15.4. The Morgan fingerprint density at radius 1 is 1.19 bits per heavy atom. The SMILES string of the molecule is C[C@H]1C(=O)N(Cc2ccc3c(N)ncnc3c2)CCN1C(=O)c1ccc2c(Cl)c[nH]c2c1. The van der Waals surface area contributed by atoms with Crippen molar-refractivity contribution in [2.45, 2.75) is 19.5 Å². The van der Waals surface area contributed by atoms with Gasteiger partial charge in [-0.3, -0.25) is 9.59 Å². The number of H-pyrrole nitrogens is 1. The van der Waals surface area contributed by atoms with Crippen LogP contribution in [0.1, 0.15) is 22.8 Å². The van der Waals surface area contributed by atoms with Crippen LogP contribution in [0.15, 0.2) is 48.9 Å². The minimum absolute atomic E-state index is 0.0871. The highest BCUT2D eigenvalue weighted by Gasteiger charge is 2.34. The monoisotopic (exact) mass is 448 g/mol. The zero-order valence-corrected chi connectivity index (χ0v) is 18.1. The van der Waals surface area contributed by atoms with E-state index in [4.69, 9.17) is 17.3 Å². The lowest BCUT2D eigenvalue weighted by Crippen LogP contribution is -2.57. The highest BCUT2D eigenvalue weighted by molar-refractivity contribution is 6.35. The highest BCUT2D eigenvalue weighted by atomic mass is 35.5. The molecule has 1 atom stereocenters. The lowest BCUT2D eigenvalue weighted by molar-refractivity contribution is -0.140. The fourth-order valence-electron chi connectivity index (χ4n) is 4.20. The molecule has 8 nitrogen and oxygen atoms in total. The number of anilines is 1. The minimum Gasteiger partial charge on any atom is -0.383 e. The highest BCUT2D eigenvalue weighted by Crippen LogP contribution is 2.25. The van der Waals surface area contributed by atoms with Gasteiger partial charge < -0.3 is 20.5 Å². The number of piperazine rings is 1. The predicted molar refractivity (Wildman–Crippen MR) is 123 cm³/mol. The number of aromatic amines is 1. The molecule has 162 valence electrons. The minimum atomic E-state index is -0.558. The van der Waals surface area contributed by atoms with Gasteiger partial charge >= 0.3 is 0 Å². The number of carbonyl (C=O) groups excluding carboxylic acids is 2. The van der Waals surface area contributed by atoms with Crippen molar-refractivity contribution in [3.8, 4) is 0 Å². The second-order valence-corrected chi connectivity index (χ2v) is 8.35. The van der Waals surface area contributed by atoms with E-state index in [0.717, 1.165) is 27.4 Å². The van der Waals surface area contributed by atoms with Crippen LogP contribution >= 0.6 is 11.6 Å². The first kappa shape index (κ1) is 20.3. The summed E-state index contributed by atoms with van der Waals surface area (Å²) in [6.07, 6.45) is 3.12. The number of nitrogens with two attached hydrogens (primary N) is 1. The Bertz CT molecular complexity index is 1370. The molecule has 3 N–H and O–H groups in total. The Morgan fingerprint density at radius 2 is 2.00 bits per heavy atom. The molecule has 9 heteroatoms. The van der Waals surface area contributed by atoms with E-state index in [2.05, 4.69) is 15.0 Å². The standard InChI is InChI=1S/C23H21ClN6O2/c1-13-22(31)29(11-14-2-4-17-19(8-14)27-12-28-21(17)25)6-7-30(13)23(32)15-3-5-16-18(24)10-26-20(16)9-15/h2-5,8-10,12-13,26H,6-7,11H2,1H3,(H2,25,27,28)/t13-/m0/s1. The summed E-state index contributed by atoms with van der Waals surface area (Å²) < 4.78 is 0. The molecule has 5 rings (SSSR count). The van der Waals surface area contributed by atoms with Gasteiger partial charge in [-0.05, 0) is 36.8 Å². The van der Waals surface area contributed by atoms with Crippen molar-refractivity contribution >= 4 is 51.0 Å². The summed E-state index contributed by atoms with van der Waals surface area (Å²) in [5, 5.41) is 2.25. The first-order valence-corrected chi connectivity index (χ1v) is 10.7. The van der Waals surface area contributed by atoms with E-state index in [9.17, 15) is 9.59 Å². The molecule has 2 aromatic heterocycles. The van der Waals surface area contributed by atoms with Gasteiger partial charge in [0.1, 0.15) is 18.2 Å². The van der Waals surface area contributed by atoms with Gasteiger partial charge in [-0.2, -0.15) is 0 Å². The summed E-state index contributed by atoms with van der Waals surface area (Å²) in [6, 6.07) is 10.5. The molecule has 1 aliphatic rings. The molecule has 1 fully saturated rings. The molecule has 2 amide bonds. The topological polar surface area (TPSA) is 108 Å². The van der Waals surface area contributed by atoms with Gasteiger partial charge in [0, 0.05) is 47.7 Å². The fourth-order valence-corrected chi connectivity index (χ4v) is 4.42. The van der Waals surface area contributed by atoms with Crippen LogP contribution in [-0.2, 0) is 11.3 Å². The molecule has 0 radical (unpaired) electrons. The Hall–Kier alpha value is -3.65. The number of nitrogens with one attached hydrogen (secondary N) is 1. The summed E-state index contributed by atoms with van der Waals surface area (Å²) in [7, 11) is 0. The number of rotatable bonds is 3. The Labute approximate surface area is 189 Å². The number of halogens is 1. The van der Waals surface area contributed by atoms with Gasteiger partial charge in [0.05, 0.1) is 10.5 Å². The molecule has 4 aromatic rings. The number of benzene rings is 2. The molecule has 1 saturated heterocycles. The van der Waals surface area contributed by atoms with Crippen molar-refractivity contribution in [3.05, 3.63) is 65.1 Å². The normalized spacial score (nSPS) is 16.8. The molecular weight excluding hydrogens is 428 g/mol. The lowest BCUT2D eigenvalue weighted by atomic mass is 10.1. The maximum absolute atomic E-state index is 13.1. The largest absolute Gasteiger partial charge is 0.383 e. The molecule has 2 aromatic carbocycles. The van der Waals surface area contributed by atoms with Gasteiger partial charge in [-0.25, -0.2) is 9.97 Å². The molecule has 0 saturated carbocycles. The van der Waals surface area contributed by atoms with Crippen LogP contribution < -0.4 is 5.73 Å². The van der Waals surface area contributed by atoms with Gasteiger partial charge in [-0.1, -0.05) is 23.7 Å². The third kappa shape index (κ3) is 3.42. The summed E-state index contributed by atoms with van der Waals surface area (Å²) in [6.45, 7) is 3.12. The number of hydrogen-bond acceptors (Lipinski definition) is 5. The zero-order valence-electron chi connectivity index (χ0n) is 17.4. The van der Waals surface area contributed by atoms with Gasteiger partial charge in [0.2, 0.25) is 5.91 Å². The molecular formula is C23H21ClN6O2. The Kier molecular flexibility index (Phi) is 4.94. The van der Waals surface area contributed by atoms with Crippen molar-refractivity contribution in [3.63, 3.8) is 0 Å². The number of hydrogen-bond donors (Lipinski definition) is 2. The van der Waals surface area contributed by atoms with Crippen molar-refractivity contribution in [2.24, 2.45) is 0 Å². The van der Waals surface area contributed by atoms with E-state index in [1.54, 1.807) is 35.1 Å². The number of carbonyl (C=O) groups is 2. The van der Waals surface area contributed by atoms with Crippen molar-refractivity contribution < 1.29 is 9.59 Å². The average molecular weight is 449 g/mol. The summed E-state index contributed by atoms with van der Waals surface area (Å²) in [5.41, 5.74) is 8.90. The second-order valence-electron chi connectivity index (χ2n) is 7.94. The van der Waals surface area contributed by atoms with E-state index in [-0.39, 0.29) is 11.8 Å². The van der Waals surface area contributed by atoms with Crippen molar-refractivity contribution in [1.29, 1.82) is 0 Å². The van der Waals surface area contributed by atoms with Gasteiger partial charge in [0.15, 0.2) is 0 Å². The summed E-state index contributed by atoms with van der Waals surface area (Å²) in [4.78, 5) is 40.9. The third-order valence-corrected chi connectivity index (χ3v) is 6.30. The number of aromatic nitrogens is 3. The Morgan fingerprint density at radius 3 is 2.84 bits per heavy atom. The van der Waals surface area contributed by atoms with Crippen LogP contribution in [0.25, 0.3) is 21.8 Å². The second kappa shape index (κ2) is 7.80. The molecule has 1 aliphatic heterocycles. The first-order valence-electron chi connectivity index (χ1n) is 10.3. The molecule has 32 heavy (non-hydrogen) atoms. The fraction of sp³-hybridized carbons (Fsp3) is 0.217. The smallest absolute Gasteiger partial charge is 0.254 e. The van der Waals surface area contributed by atoms with Gasteiger partial charge in [-0.15, -0.1) is 0 Å². The number of fused-ring (bicyclic) bond motifs is 2. The number of amides is 2. The van der Waals surface area contributed by atoms with E-state index in [1.165, 1.54) is 6.33 Å². The van der Waals surface area contributed by atoms with Crippen LogP contribution in [0.2, 0.25) is 5.02 Å². The molecule has 3 heterocycles.